The highest BCUT2D eigenvalue weighted by Gasteiger charge is 1.97. The number of carboxylic acids is 1. The lowest BCUT2D eigenvalue weighted by atomic mass is 10.1. The first-order valence-electron chi connectivity index (χ1n) is 4.25. The van der Waals surface area contributed by atoms with Gasteiger partial charge in [0.2, 0.25) is 0 Å². The van der Waals surface area contributed by atoms with Crippen LogP contribution in [0.25, 0.3) is 0 Å². The van der Waals surface area contributed by atoms with Crippen LogP contribution in [0.1, 0.15) is 35.8 Å². The number of aliphatic carboxylic acids is 1. The molecule has 0 aliphatic rings. The highest BCUT2D eigenvalue weighted by atomic mass is 16.4. The lowest BCUT2D eigenvalue weighted by Crippen LogP contribution is -1.95. The van der Waals surface area contributed by atoms with Crippen LogP contribution in [0.2, 0.25) is 0 Å². The van der Waals surface area contributed by atoms with Gasteiger partial charge in [0.15, 0.2) is 0 Å². The van der Waals surface area contributed by atoms with Gasteiger partial charge in [-0.05, 0) is 12.3 Å². The number of hydrogen-bond acceptors (Lipinski definition) is 1. The molecule has 0 fully saturated rings. The normalized spacial score (nSPS) is 16.7. The monoisotopic (exact) mass is 132 g/mol. The summed E-state index contributed by atoms with van der Waals surface area (Å²) in [6, 6.07) is 0. The summed E-state index contributed by atoms with van der Waals surface area (Å²) in [4.78, 5) is 10.1. The molecule has 9 heavy (non-hydrogen) atoms. The molecule has 0 saturated carbocycles. The zero-order valence-electron chi connectivity index (χ0n) is 7.63. The molecule has 0 spiro atoms. The van der Waals surface area contributed by atoms with Crippen molar-refractivity contribution in [2.24, 2.45) is 5.92 Å². The summed E-state index contributed by atoms with van der Waals surface area (Å²) in [6.45, 7) is 0.968. The average Bonchev–Trinajstić information content (AvgIpc) is 1.86. The molecular weight excluding hydrogens is 116 g/mol. The van der Waals surface area contributed by atoms with E-state index in [0.717, 1.165) is 0 Å². The summed E-state index contributed by atoms with van der Waals surface area (Å²) >= 11 is 0. The Bertz CT molecular complexity index is 126. The van der Waals surface area contributed by atoms with E-state index in [1.165, 1.54) is 0 Å². The van der Waals surface area contributed by atoms with E-state index < -0.39 is 12.8 Å². The SMILES string of the molecule is [2H]C([2H])C(C)CCCC(=O)O. The number of carboxylic acid groups (broad SMARTS) is 1. The maximum atomic E-state index is 10.1. The molecule has 0 aliphatic carbocycles. The molecule has 0 aromatic heterocycles. The van der Waals surface area contributed by atoms with Gasteiger partial charge in [-0.1, -0.05) is 20.2 Å². The first-order valence-corrected chi connectivity index (χ1v) is 3.10. The molecule has 2 heteroatoms. The quantitative estimate of drug-likeness (QED) is 0.634. The van der Waals surface area contributed by atoms with Gasteiger partial charge in [-0.25, -0.2) is 0 Å². The minimum atomic E-state index is -0.830. The largest absolute Gasteiger partial charge is 0.481 e. The van der Waals surface area contributed by atoms with Crippen molar-refractivity contribution in [3.8, 4) is 0 Å². The van der Waals surface area contributed by atoms with Crippen LogP contribution in [0.3, 0.4) is 0 Å². The van der Waals surface area contributed by atoms with Gasteiger partial charge in [0, 0.05) is 9.16 Å². The molecule has 1 atom stereocenters. The number of carbonyl (C=O) groups is 1. The van der Waals surface area contributed by atoms with E-state index in [0.29, 0.717) is 12.8 Å². The van der Waals surface area contributed by atoms with Crippen molar-refractivity contribution in [1.82, 2.24) is 0 Å². The third kappa shape index (κ3) is 7.47. The fourth-order valence-electron chi connectivity index (χ4n) is 0.575. The van der Waals surface area contributed by atoms with Crippen molar-refractivity contribution in [3.63, 3.8) is 0 Å². The Morgan fingerprint density at radius 1 is 1.89 bits per heavy atom. The molecule has 54 valence electrons. The van der Waals surface area contributed by atoms with E-state index in [1.807, 2.05) is 0 Å². The van der Waals surface area contributed by atoms with E-state index in [1.54, 1.807) is 6.92 Å². The molecule has 0 aliphatic heterocycles. The molecule has 0 radical (unpaired) electrons. The number of rotatable bonds is 4. The molecule has 0 rings (SSSR count). The van der Waals surface area contributed by atoms with Crippen molar-refractivity contribution >= 4 is 5.97 Å². The Hall–Kier alpha value is -0.530. The second-order valence-electron chi connectivity index (χ2n) is 2.26. The lowest BCUT2D eigenvalue weighted by Gasteiger charge is -1.99. The minimum absolute atomic E-state index is 0.0191. The van der Waals surface area contributed by atoms with E-state index in [4.69, 9.17) is 7.85 Å². The second kappa shape index (κ2) is 4.36. The second-order valence-corrected chi connectivity index (χ2v) is 2.26. The molecule has 1 N–H and O–H groups in total. The van der Waals surface area contributed by atoms with Gasteiger partial charge in [0.25, 0.3) is 0 Å². The Kier molecular flexibility index (Phi) is 2.55. The molecule has 2 nitrogen and oxygen atoms in total. The van der Waals surface area contributed by atoms with Crippen LogP contribution in [0.4, 0.5) is 0 Å². The van der Waals surface area contributed by atoms with Crippen molar-refractivity contribution in [2.75, 3.05) is 0 Å². The highest BCUT2D eigenvalue weighted by molar-refractivity contribution is 5.66. The van der Waals surface area contributed by atoms with Crippen molar-refractivity contribution in [3.05, 3.63) is 0 Å². The van der Waals surface area contributed by atoms with Crippen LogP contribution < -0.4 is 0 Å². The third-order valence-corrected chi connectivity index (χ3v) is 1.05. The van der Waals surface area contributed by atoms with Crippen LogP contribution in [0.5, 0.6) is 0 Å². The van der Waals surface area contributed by atoms with Gasteiger partial charge in [0.05, 0.1) is 0 Å². The van der Waals surface area contributed by atoms with Crippen LogP contribution >= 0.6 is 0 Å². The first kappa shape index (κ1) is 5.27. The average molecular weight is 132 g/mol. The molecule has 0 saturated heterocycles. The zero-order valence-corrected chi connectivity index (χ0v) is 5.63. The van der Waals surface area contributed by atoms with Crippen molar-refractivity contribution in [1.29, 1.82) is 0 Å². The summed E-state index contributed by atoms with van der Waals surface area (Å²) in [5.41, 5.74) is 0. The predicted octanol–water partition coefficient (Wildman–Crippen LogP) is 1.90. The van der Waals surface area contributed by atoms with E-state index >= 15 is 0 Å². The topological polar surface area (TPSA) is 37.3 Å². The Morgan fingerprint density at radius 2 is 2.56 bits per heavy atom. The lowest BCUT2D eigenvalue weighted by molar-refractivity contribution is -0.137. The van der Waals surface area contributed by atoms with Gasteiger partial charge in [-0.15, -0.1) is 0 Å². The Balaban J connectivity index is 3.31. The summed E-state index contributed by atoms with van der Waals surface area (Å²) in [7, 11) is 0. The maximum absolute atomic E-state index is 10.1. The van der Waals surface area contributed by atoms with Crippen molar-refractivity contribution < 1.29 is 12.6 Å². The standard InChI is InChI=1S/C7H14O2/c1-6(2)4-3-5-7(8)9/h6H,3-5H2,1-2H3,(H,8,9)/i1D2. The summed E-state index contributed by atoms with van der Waals surface area (Å²) in [5.74, 6) is -0.821. The fourth-order valence-corrected chi connectivity index (χ4v) is 0.575. The number of hydrogen-bond donors (Lipinski definition) is 1. The molecular formula is C7H14O2. The van der Waals surface area contributed by atoms with Gasteiger partial charge in [0.1, 0.15) is 0 Å². The summed E-state index contributed by atoms with van der Waals surface area (Å²) in [5, 5.41) is 8.27. The van der Waals surface area contributed by atoms with Gasteiger partial charge in [-0.2, -0.15) is 0 Å². The Morgan fingerprint density at radius 3 is 3.00 bits per heavy atom. The molecule has 0 aromatic carbocycles. The molecule has 0 aromatic rings. The van der Waals surface area contributed by atoms with Crippen LogP contribution in [0.15, 0.2) is 0 Å². The van der Waals surface area contributed by atoms with Gasteiger partial charge < -0.3 is 5.11 Å². The summed E-state index contributed by atoms with van der Waals surface area (Å²) < 4.78 is 14.0. The third-order valence-electron chi connectivity index (χ3n) is 1.05. The Labute approximate surface area is 58.7 Å². The van der Waals surface area contributed by atoms with E-state index in [-0.39, 0.29) is 12.3 Å². The molecule has 0 amide bonds. The smallest absolute Gasteiger partial charge is 0.303 e. The van der Waals surface area contributed by atoms with Gasteiger partial charge >= 0.3 is 5.97 Å². The summed E-state index contributed by atoms with van der Waals surface area (Å²) in [6.07, 6.45) is 1.38. The van der Waals surface area contributed by atoms with E-state index in [2.05, 4.69) is 0 Å². The molecule has 0 bridgehead atoms. The zero-order chi connectivity index (χ0) is 8.85. The van der Waals surface area contributed by atoms with Gasteiger partial charge in [-0.3, -0.25) is 4.79 Å². The van der Waals surface area contributed by atoms with Crippen LogP contribution in [-0.2, 0) is 4.79 Å². The highest BCUT2D eigenvalue weighted by Crippen LogP contribution is 2.05. The first-order chi connectivity index (χ1) is 5.04. The minimum Gasteiger partial charge on any atom is -0.481 e. The van der Waals surface area contributed by atoms with Crippen LogP contribution in [0, 0.1) is 5.92 Å². The van der Waals surface area contributed by atoms with E-state index in [9.17, 15) is 4.79 Å². The van der Waals surface area contributed by atoms with Crippen LogP contribution in [-0.4, -0.2) is 11.1 Å². The molecule has 1 unspecified atom stereocenters. The molecule has 0 heterocycles. The van der Waals surface area contributed by atoms with Crippen molar-refractivity contribution in [2.45, 2.75) is 33.1 Å². The fraction of sp³-hybridized carbons (Fsp3) is 0.857. The maximum Gasteiger partial charge on any atom is 0.303 e. The predicted molar refractivity (Wildman–Crippen MR) is 36.3 cm³/mol.